The molecule has 1 aliphatic carbocycles. The van der Waals surface area contributed by atoms with Crippen LogP contribution < -0.4 is 16.8 Å². The fourth-order valence-corrected chi connectivity index (χ4v) is 1.84. The standard InChI is InChI=1S/C10H21N3O/c1-8(11)7-13-9(14)10(12)5-3-2-4-6-10/h8H,2-7,11-12H2,1H3,(H,13,14). The van der Waals surface area contributed by atoms with Crippen LogP contribution in [0.25, 0.3) is 0 Å². The van der Waals surface area contributed by atoms with Gasteiger partial charge >= 0.3 is 0 Å². The van der Waals surface area contributed by atoms with Crippen molar-refractivity contribution >= 4 is 5.91 Å². The number of hydrogen-bond donors (Lipinski definition) is 3. The Morgan fingerprint density at radius 1 is 1.43 bits per heavy atom. The van der Waals surface area contributed by atoms with Crippen LogP contribution in [0, 0.1) is 0 Å². The third kappa shape index (κ3) is 2.96. The van der Waals surface area contributed by atoms with E-state index in [0.29, 0.717) is 6.54 Å². The molecule has 0 bridgehead atoms. The van der Waals surface area contributed by atoms with E-state index in [2.05, 4.69) is 5.32 Å². The lowest BCUT2D eigenvalue weighted by Gasteiger charge is -2.32. The molecule has 4 nitrogen and oxygen atoms in total. The molecule has 0 aliphatic heterocycles. The Kier molecular flexibility index (Phi) is 3.89. The van der Waals surface area contributed by atoms with Gasteiger partial charge in [0.05, 0.1) is 5.54 Å². The first kappa shape index (κ1) is 11.5. The van der Waals surface area contributed by atoms with Crippen LogP contribution in [0.3, 0.4) is 0 Å². The summed E-state index contributed by atoms with van der Waals surface area (Å²) in [7, 11) is 0. The summed E-state index contributed by atoms with van der Waals surface area (Å²) in [6, 6.07) is -0.00820. The van der Waals surface area contributed by atoms with Gasteiger partial charge in [-0.15, -0.1) is 0 Å². The van der Waals surface area contributed by atoms with E-state index in [1.807, 2.05) is 6.92 Å². The third-order valence-corrected chi connectivity index (χ3v) is 2.78. The van der Waals surface area contributed by atoms with E-state index in [9.17, 15) is 4.79 Å². The molecule has 1 aliphatic rings. The van der Waals surface area contributed by atoms with Crippen LogP contribution in [0.5, 0.6) is 0 Å². The second-order valence-electron chi connectivity index (χ2n) is 4.40. The Morgan fingerprint density at radius 2 is 2.00 bits per heavy atom. The van der Waals surface area contributed by atoms with Crippen molar-refractivity contribution in [2.45, 2.75) is 50.6 Å². The molecule has 82 valence electrons. The van der Waals surface area contributed by atoms with Crippen molar-refractivity contribution in [2.24, 2.45) is 11.5 Å². The van der Waals surface area contributed by atoms with Gasteiger partial charge in [-0.05, 0) is 19.8 Å². The average Bonchev–Trinajstić information content (AvgIpc) is 2.15. The lowest BCUT2D eigenvalue weighted by Crippen LogP contribution is -2.56. The number of amides is 1. The Hall–Kier alpha value is -0.610. The molecule has 0 heterocycles. The molecule has 1 atom stereocenters. The van der Waals surface area contributed by atoms with E-state index in [-0.39, 0.29) is 11.9 Å². The normalized spacial score (nSPS) is 22.8. The highest BCUT2D eigenvalue weighted by Gasteiger charge is 2.34. The first-order valence-electron chi connectivity index (χ1n) is 5.37. The Bertz CT molecular complexity index is 198. The van der Waals surface area contributed by atoms with Crippen molar-refractivity contribution in [3.8, 4) is 0 Å². The van der Waals surface area contributed by atoms with Gasteiger partial charge in [-0.3, -0.25) is 4.79 Å². The second kappa shape index (κ2) is 4.75. The van der Waals surface area contributed by atoms with Crippen LogP contribution in [-0.2, 0) is 4.79 Å². The zero-order valence-corrected chi connectivity index (χ0v) is 8.88. The number of nitrogens with one attached hydrogen (secondary N) is 1. The zero-order chi connectivity index (χ0) is 10.6. The summed E-state index contributed by atoms with van der Waals surface area (Å²) < 4.78 is 0. The first-order valence-corrected chi connectivity index (χ1v) is 5.37. The molecule has 0 aromatic heterocycles. The second-order valence-corrected chi connectivity index (χ2v) is 4.40. The molecule has 4 heteroatoms. The number of hydrogen-bond acceptors (Lipinski definition) is 3. The van der Waals surface area contributed by atoms with Crippen molar-refractivity contribution in [1.29, 1.82) is 0 Å². The summed E-state index contributed by atoms with van der Waals surface area (Å²) >= 11 is 0. The topological polar surface area (TPSA) is 81.1 Å². The molecule has 0 spiro atoms. The van der Waals surface area contributed by atoms with Gasteiger partial charge < -0.3 is 16.8 Å². The molecule has 1 fully saturated rings. The van der Waals surface area contributed by atoms with Crippen LogP contribution in [-0.4, -0.2) is 24.0 Å². The highest BCUT2D eigenvalue weighted by atomic mass is 16.2. The molecule has 1 rings (SSSR count). The lowest BCUT2D eigenvalue weighted by atomic mass is 9.82. The Balaban J connectivity index is 2.41. The van der Waals surface area contributed by atoms with Crippen molar-refractivity contribution in [1.82, 2.24) is 5.32 Å². The fourth-order valence-electron chi connectivity index (χ4n) is 1.84. The number of rotatable bonds is 3. The molecule has 1 unspecified atom stereocenters. The summed E-state index contributed by atoms with van der Waals surface area (Å²) in [6.07, 6.45) is 4.92. The van der Waals surface area contributed by atoms with Gasteiger partial charge in [0.25, 0.3) is 0 Å². The zero-order valence-electron chi connectivity index (χ0n) is 8.88. The van der Waals surface area contributed by atoms with Gasteiger partial charge in [0.1, 0.15) is 0 Å². The number of carbonyl (C=O) groups excluding carboxylic acids is 1. The highest BCUT2D eigenvalue weighted by molar-refractivity contribution is 5.86. The molecular formula is C10H21N3O. The van der Waals surface area contributed by atoms with E-state index in [1.165, 1.54) is 6.42 Å². The summed E-state index contributed by atoms with van der Waals surface area (Å²) in [5.74, 6) is -0.0329. The SMILES string of the molecule is CC(N)CNC(=O)C1(N)CCCCC1. The molecule has 1 amide bonds. The molecule has 0 radical (unpaired) electrons. The lowest BCUT2D eigenvalue weighted by molar-refractivity contribution is -0.127. The molecule has 0 saturated heterocycles. The summed E-state index contributed by atoms with van der Waals surface area (Å²) in [5, 5.41) is 2.80. The maximum Gasteiger partial charge on any atom is 0.240 e. The number of nitrogens with two attached hydrogens (primary N) is 2. The van der Waals surface area contributed by atoms with Crippen molar-refractivity contribution in [3.63, 3.8) is 0 Å². The molecule has 0 aromatic carbocycles. The van der Waals surface area contributed by atoms with E-state index in [0.717, 1.165) is 25.7 Å². The first-order chi connectivity index (χ1) is 6.54. The molecule has 14 heavy (non-hydrogen) atoms. The van der Waals surface area contributed by atoms with Crippen LogP contribution in [0.1, 0.15) is 39.0 Å². The quantitative estimate of drug-likeness (QED) is 0.603. The summed E-state index contributed by atoms with van der Waals surface area (Å²) in [6.45, 7) is 2.38. The maximum absolute atomic E-state index is 11.7. The minimum absolute atomic E-state index is 0.00820. The third-order valence-electron chi connectivity index (χ3n) is 2.78. The van der Waals surface area contributed by atoms with E-state index in [4.69, 9.17) is 11.5 Å². The Morgan fingerprint density at radius 3 is 2.50 bits per heavy atom. The van der Waals surface area contributed by atoms with Gasteiger partial charge in [-0.2, -0.15) is 0 Å². The van der Waals surface area contributed by atoms with Gasteiger partial charge in [-0.1, -0.05) is 19.3 Å². The molecule has 1 saturated carbocycles. The minimum atomic E-state index is -0.632. The smallest absolute Gasteiger partial charge is 0.240 e. The van der Waals surface area contributed by atoms with Crippen molar-refractivity contribution < 1.29 is 4.79 Å². The average molecular weight is 199 g/mol. The predicted octanol–water partition coefficient (Wildman–Crippen LogP) is 0.111. The maximum atomic E-state index is 11.7. The molecule has 0 aromatic rings. The van der Waals surface area contributed by atoms with Gasteiger partial charge in [0.15, 0.2) is 0 Å². The van der Waals surface area contributed by atoms with Crippen LogP contribution >= 0.6 is 0 Å². The molecule has 5 N–H and O–H groups in total. The van der Waals surface area contributed by atoms with Crippen molar-refractivity contribution in [3.05, 3.63) is 0 Å². The van der Waals surface area contributed by atoms with Gasteiger partial charge in [-0.25, -0.2) is 0 Å². The van der Waals surface area contributed by atoms with Gasteiger partial charge in [0.2, 0.25) is 5.91 Å². The van der Waals surface area contributed by atoms with Gasteiger partial charge in [0, 0.05) is 12.6 Å². The summed E-state index contributed by atoms with van der Waals surface area (Å²) in [5.41, 5.74) is 11.0. The summed E-state index contributed by atoms with van der Waals surface area (Å²) in [4.78, 5) is 11.7. The molecular weight excluding hydrogens is 178 g/mol. The Labute approximate surface area is 85.4 Å². The van der Waals surface area contributed by atoms with Crippen LogP contribution in [0.2, 0.25) is 0 Å². The number of carbonyl (C=O) groups is 1. The van der Waals surface area contributed by atoms with E-state index < -0.39 is 5.54 Å². The minimum Gasteiger partial charge on any atom is -0.353 e. The highest BCUT2D eigenvalue weighted by Crippen LogP contribution is 2.25. The monoisotopic (exact) mass is 199 g/mol. The fraction of sp³-hybridized carbons (Fsp3) is 0.900. The van der Waals surface area contributed by atoms with E-state index in [1.54, 1.807) is 0 Å². The van der Waals surface area contributed by atoms with Crippen molar-refractivity contribution in [2.75, 3.05) is 6.54 Å². The van der Waals surface area contributed by atoms with Crippen LogP contribution in [0.4, 0.5) is 0 Å². The predicted molar refractivity (Wildman–Crippen MR) is 56.7 cm³/mol. The largest absolute Gasteiger partial charge is 0.353 e. The van der Waals surface area contributed by atoms with E-state index >= 15 is 0 Å². The van der Waals surface area contributed by atoms with Crippen LogP contribution in [0.15, 0.2) is 0 Å².